The van der Waals surface area contributed by atoms with Crippen LogP contribution < -0.4 is 15.8 Å². The molecule has 0 heterocycles. The SMILES string of the molecule is CCOc1cccc(N)c1C(=O)OCC(=O)NCC1CC1. The molecule has 1 aromatic carbocycles. The minimum atomic E-state index is -0.655. The van der Waals surface area contributed by atoms with E-state index in [2.05, 4.69) is 5.32 Å². The van der Waals surface area contributed by atoms with E-state index in [1.807, 2.05) is 6.92 Å². The third kappa shape index (κ3) is 4.37. The molecule has 0 aliphatic heterocycles. The predicted molar refractivity (Wildman–Crippen MR) is 78.0 cm³/mol. The molecule has 1 saturated carbocycles. The average molecular weight is 292 g/mol. The summed E-state index contributed by atoms with van der Waals surface area (Å²) < 4.78 is 10.4. The molecule has 21 heavy (non-hydrogen) atoms. The van der Waals surface area contributed by atoms with Gasteiger partial charge < -0.3 is 20.5 Å². The molecular formula is C15H20N2O4. The quantitative estimate of drug-likeness (QED) is 0.585. The molecule has 6 nitrogen and oxygen atoms in total. The summed E-state index contributed by atoms with van der Waals surface area (Å²) >= 11 is 0. The van der Waals surface area contributed by atoms with Gasteiger partial charge in [0.2, 0.25) is 0 Å². The Morgan fingerprint density at radius 1 is 1.38 bits per heavy atom. The zero-order chi connectivity index (χ0) is 15.2. The third-order valence-corrected chi connectivity index (χ3v) is 3.18. The molecule has 0 bridgehead atoms. The molecule has 1 fully saturated rings. The lowest BCUT2D eigenvalue weighted by molar-refractivity contribution is -0.124. The van der Waals surface area contributed by atoms with Crippen LogP contribution in [0.15, 0.2) is 18.2 Å². The first-order valence-electron chi connectivity index (χ1n) is 7.07. The van der Waals surface area contributed by atoms with Crippen LogP contribution in [0.3, 0.4) is 0 Å². The van der Waals surface area contributed by atoms with E-state index in [9.17, 15) is 9.59 Å². The number of anilines is 1. The fourth-order valence-corrected chi connectivity index (χ4v) is 1.88. The zero-order valence-electron chi connectivity index (χ0n) is 12.1. The fraction of sp³-hybridized carbons (Fsp3) is 0.467. The van der Waals surface area contributed by atoms with E-state index in [1.54, 1.807) is 18.2 Å². The minimum absolute atomic E-state index is 0.161. The number of nitrogens with two attached hydrogens (primary N) is 1. The number of hydrogen-bond donors (Lipinski definition) is 2. The molecular weight excluding hydrogens is 272 g/mol. The van der Waals surface area contributed by atoms with Crippen molar-refractivity contribution >= 4 is 17.6 Å². The molecule has 1 amide bonds. The molecule has 0 atom stereocenters. The van der Waals surface area contributed by atoms with Crippen molar-refractivity contribution in [3.8, 4) is 5.75 Å². The molecule has 1 aliphatic rings. The molecule has 1 aliphatic carbocycles. The van der Waals surface area contributed by atoms with Crippen molar-refractivity contribution in [1.82, 2.24) is 5.32 Å². The molecule has 0 saturated heterocycles. The van der Waals surface area contributed by atoms with Crippen LogP contribution in [0.4, 0.5) is 5.69 Å². The van der Waals surface area contributed by atoms with E-state index < -0.39 is 5.97 Å². The molecule has 3 N–H and O–H groups in total. The van der Waals surface area contributed by atoms with E-state index in [4.69, 9.17) is 15.2 Å². The maximum Gasteiger partial charge on any atom is 0.344 e. The number of rotatable bonds is 7. The second-order valence-electron chi connectivity index (χ2n) is 4.98. The number of nitrogen functional groups attached to an aromatic ring is 1. The zero-order valence-corrected chi connectivity index (χ0v) is 12.1. The van der Waals surface area contributed by atoms with Gasteiger partial charge in [-0.3, -0.25) is 4.79 Å². The summed E-state index contributed by atoms with van der Waals surface area (Å²) in [5.74, 6) is -0.0132. The van der Waals surface area contributed by atoms with Gasteiger partial charge in [-0.25, -0.2) is 4.79 Å². The van der Waals surface area contributed by atoms with Gasteiger partial charge in [-0.2, -0.15) is 0 Å². The summed E-state index contributed by atoms with van der Waals surface area (Å²) in [6.45, 7) is 2.55. The van der Waals surface area contributed by atoms with Gasteiger partial charge in [-0.05, 0) is 37.8 Å². The van der Waals surface area contributed by atoms with Crippen molar-refractivity contribution in [3.05, 3.63) is 23.8 Å². The Kier molecular flexibility index (Phi) is 5.03. The first-order valence-corrected chi connectivity index (χ1v) is 7.07. The number of carbonyl (C=O) groups is 2. The van der Waals surface area contributed by atoms with Gasteiger partial charge in [0.1, 0.15) is 11.3 Å². The molecule has 6 heteroatoms. The second kappa shape index (κ2) is 6.97. The predicted octanol–water partition coefficient (Wildman–Crippen LogP) is 1.35. The Hall–Kier alpha value is -2.24. The van der Waals surface area contributed by atoms with Crippen molar-refractivity contribution in [2.24, 2.45) is 5.92 Å². The standard InChI is InChI=1S/C15H20N2O4/c1-2-20-12-5-3-4-11(16)14(12)15(19)21-9-13(18)17-8-10-6-7-10/h3-5,10H,2,6-9,16H2,1H3,(H,17,18). The van der Waals surface area contributed by atoms with Crippen molar-refractivity contribution in [3.63, 3.8) is 0 Å². The van der Waals surface area contributed by atoms with Crippen molar-refractivity contribution in [2.45, 2.75) is 19.8 Å². The van der Waals surface area contributed by atoms with Gasteiger partial charge in [0.05, 0.1) is 6.61 Å². The molecule has 1 aromatic rings. The topological polar surface area (TPSA) is 90.7 Å². The van der Waals surface area contributed by atoms with Crippen LogP contribution in [-0.2, 0) is 9.53 Å². The van der Waals surface area contributed by atoms with Gasteiger partial charge in [-0.1, -0.05) is 6.07 Å². The van der Waals surface area contributed by atoms with Crippen LogP contribution in [0.1, 0.15) is 30.1 Å². The lowest BCUT2D eigenvalue weighted by Gasteiger charge is -2.12. The number of ether oxygens (including phenoxy) is 2. The van der Waals surface area contributed by atoms with E-state index in [0.717, 1.165) is 12.8 Å². The van der Waals surface area contributed by atoms with E-state index in [1.165, 1.54) is 0 Å². The molecule has 0 radical (unpaired) electrons. The van der Waals surface area contributed by atoms with Crippen LogP contribution in [-0.4, -0.2) is 31.6 Å². The van der Waals surface area contributed by atoms with E-state index >= 15 is 0 Å². The van der Waals surface area contributed by atoms with Crippen LogP contribution >= 0.6 is 0 Å². The van der Waals surface area contributed by atoms with Crippen LogP contribution in [0.2, 0.25) is 0 Å². The largest absolute Gasteiger partial charge is 0.493 e. The van der Waals surface area contributed by atoms with Crippen molar-refractivity contribution in [1.29, 1.82) is 0 Å². The Morgan fingerprint density at radius 2 is 2.14 bits per heavy atom. The maximum atomic E-state index is 12.1. The highest BCUT2D eigenvalue weighted by Gasteiger charge is 2.22. The third-order valence-electron chi connectivity index (χ3n) is 3.18. The smallest absolute Gasteiger partial charge is 0.344 e. The van der Waals surface area contributed by atoms with Gasteiger partial charge in [0, 0.05) is 12.2 Å². The highest BCUT2D eigenvalue weighted by Crippen LogP contribution is 2.27. The molecule has 114 valence electrons. The van der Waals surface area contributed by atoms with Crippen LogP contribution in [0, 0.1) is 5.92 Å². The first kappa shape index (κ1) is 15.2. The molecule has 0 aromatic heterocycles. The van der Waals surface area contributed by atoms with Gasteiger partial charge >= 0.3 is 5.97 Å². The number of nitrogens with one attached hydrogen (secondary N) is 1. The highest BCUT2D eigenvalue weighted by atomic mass is 16.5. The van der Waals surface area contributed by atoms with Crippen molar-refractivity contribution < 1.29 is 19.1 Å². The monoisotopic (exact) mass is 292 g/mol. The average Bonchev–Trinajstić information content (AvgIpc) is 3.27. The van der Waals surface area contributed by atoms with Crippen LogP contribution in [0.5, 0.6) is 5.75 Å². The fourth-order valence-electron chi connectivity index (χ4n) is 1.88. The summed E-state index contributed by atoms with van der Waals surface area (Å²) in [7, 11) is 0. The lowest BCUT2D eigenvalue weighted by atomic mass is 10.1. The Bertz CT molecular complexity index is 526. The number of carbonyl (C=O) groups excluding carboxylic acids is 2. The van der Waals surface area contributed by atoms with Crippen molar-refractivity contribution in [2.75, 3.05) is 25.5 Å². The first-order chi connectivity index (χ1) is 10.1. The summed E-state index contributed by atoms with van der Waals surface area (Å²) in [5, 5.41) is 2.73. The normalized spacial score (nSPS) is 13.6. The minimum Gasteiger partial charge on any atom is -0.493 e. The highest BCUT2D eigenvalue weighted by molar-refractivity contribution is 5.99. The van der Waals surface area contributed by atoms with Gasteiger partial charge in [-0.15, -0.1) is 0 Å². The molecule has 0 unspecified atom stereocenters. The number of amides is 1. The van der Waals surface area contributed by atoms with E-state index in [0.29, 0.717) is 24.8 Å². The van der Waals surface area contributed by atoms with Crippen LogP contribution in [0.25, 0.3) is 0 Å². The second-order valence-corrected chi connectivity index (χ2v) is 4.98. The van der Waals surface area contributed by atoms with Gasteiger partial charge in [0.25, 0.3) is 5.91 Å². The number of benzene rings is 1. The summed E-state index contributed by atoms with van der Waals surface area (Å²) in [6, 6.07) is 4.93. The van der Waals surface area contributed by atoms with E-state index in [-0.39, 0.29) is 23.8 Å². The number of esters is 1. The molecule has 2 rings (SSSR count). The maximum absolute atomic E-state index is 12.1. The summed E-state index contributed by atoms with van der Waals surface area (Å²) in [4.78, 5) is 23.6. The van der Waals surface area contributed by atoms with Gasteiger partial charge in [0.15, 0.2) is 6.61 Å². The molecule has 0 spiro atoms. The number of hydrogen-bond acceptors (Lipinski definition) is 5. The Balaban J connectivity index is 1.91. The summed E-state index contributed by atoms with van der Waals surface area (Å²) in [5.41, 5.74) is 6.21. The Labute approximate surface area is 123 Å². The summed E-state index contributed by atoms with van der Waals surface area (Å²) in [6.07, 6.45) is 2.30. The Morgan fingerprint density at radius 3 is 2.81 bits per heavy atom. The lowest BCUT2D eigenvalue weighted by Crippen LogP contribution is -2.30.